The molecule has 2 aliphatic rings. The highest BCUT2D eigenvalue weighted by molar-refractivity contribution is 5.86. The summed E-state index contributed by atoms with van der Waals surface area (Å²) in [4.78, 5) is 50.4. The molecule has 2 atom stereocenters. The number of aromatic nitrogens is 2. The molecule has 2 fully saturated rings. The maximum Gasteiger partial charge on any atom is 0.405 e. The van der Waals surface area contributed by atoms with Crippen LogP contribution in [0.25, 0.3) is 22.4 Å². The zero-order valence-electron chi connectivity index (χ0n) is 24.1. The monoisotopic (exact) mass is 575 g/mol. The van der Waals surface area contributed by atoms with Gasteiger partial charge in [0.15, 0.2) is 0 Å². The Morgan fingerprint density at radius 2 is 1.76 bits per heavy atom. The van der Waals surface area contributed by atoms with E-state index in [0.717, 1.165) is 49.4 Å². The fraction of sp³-hybridized carbons (Fsp3) is 0.433. The standard InChI is InChI=1S/C30H37N7O5/c1-19(2)27(33-30(39)40)29(38)36-12-4-5-26(36)28-31-18-24(32-28)21-8-11-25(37(41)42)23(17-21)20-6-9-22(10-7-20)35-15-13-34(3)14-16-35/h6-11,17-19,26-27,33H,4-5,12-16H2,1-3H3,(H,31,32)(H,39,40)/t26-,27-/m0/s1. The fourth-order valence-electron chi connectivity index (χ4n) is 5.80. The van der Waals surface area contributed by atoms with Crippen molar-refractivity contribution < 1.29 is 19.6 Å². The van der Waals surface area contributed by atoms with Gasteiger partial charge in [0, 0.05) is 50.0 Å². The minimum atomic E-state index is -1.24. The van der Waals surface area contributed by atoms with E-state index in [0.29, 0.717) is 30.0 Å². The maximum absolute atomic E-state index is 13.3. The van der Waals surface area contributed by atoms with Gasteiger partial charge in [0.1, 0.15) is 11.9 Å². The van der Waals surface area contributed by atoms with E-state index >= 15 is 0 Å². The van der Waals surface area contributed by atoms with Crippen molar-refractivity contribution in [3.63, 3.8) is 0 Å². The summed E-state index contributed by atoms with van der Waals surface area (Å²) < 4.78 is 0. The SMILES string of the molecule is CC(C)[C@H](NC(=O)O)C(=O)N1CCC[C@H]1c1ncc(-c2ccc([N+](=O)[O-])c(-c3ccc(N4CCN(C)CC4)cc3)c2)[nH]1. The van der Waals surface area contributed by atoms with Crippen LogP contribution in [-0.2, 0) is 4.79 Å². The van der Waals surface area contributed by atoms with Crippen molar-refractivity contribution in [2.24, 2.45) is 5.92 Å². The third-order valence-corrected chi connectivity index (χ3v) is 8.21. The minimum Gasteiger partial charge on any atom is -0.465 e. The van der Waals surface area contributed by atoms with Gasteiger partial charge in [-0.25, -0.2) is 9.78 Å². The molecule has 2 amide bonds. The van der Waals surface area contributed by atoms with Gasteiger partial charge in [-0.3, -0.25) is 14.9 Å². The average Bonchev–Trinajstić information content (AvgIpc) is 3.66. The van der Waals surface area contributed by atoms with E-state index < -0.39 is 12.1 Å². The number of rotatable bonds is 8. The number of likely N-dealkylation sites (N-methyl/N-ethyl adjacent to an activating group) is 1. The van der Waals surface area contributed by atoms with Crippen LogP contribution in [-0.4, -0.2) is 87.6 Å². The number of aromatic amines is 1. The third kappa shape index (κ3) is 6.08. The lowest BCUT2D eigenvalue weighted by molar-refractivity contribution is -0.384. The Labute approximate surface area is 244 Å². The number of likely N-dealkylation sites (tertiary alicyclic amines) is 1. The lowest BCUT2D eigenvalue weighted by atomic mass is 9.99. The lowest BCUT2D eigenvalue weighted by Crippen LogP contribution is -2.50. The highest BCUT2D eigenvalue weighted by Crippen LogP contribution is 2.36. The first-order valence-electron chi connectivity index (χ1n) is 14.3. The highest BCUT2D eigenvalue weighted by Gasteiger charge is 2.37. The van der Waals surface area contributed by atoms with Crippen LogP contribution in [0.15, 0.2) is 48.7 Å². The number of nitro groups is 1. The van der Waals surface area contributed by atoms with Crippen LogP contribution in [0.3, 0.4) is 0 Å². The van der Waals surface area contributed by atoms with Crippen molar-refractivity contribution in [2.45, 2.75) is 38.8 Å². The molecule has 12 heteroatoms. The quantitative estimate of drug-likeness (QED) is 0.265. The molecule has 0 bridgehead atoms. The maximum atomic E-state index is 13.3. The molecule has 3 N–H and O–H groups in total. The minimum absolute atomic E-state index is 0.0176. The summed E-state index contributed by atoms with van der Waals surface area (Å²) in [5.41, 5.74) is 3.79. The van der Waals surface area contributed by atoms with Gasteiger partial charge in [0.2, 0.25) is 5.91 Å². The van der Waals surface area contributed by atoms with Crippen LogP contribution in [0, 0.1) is 16.0 Å². The number of carboxylic acid groups (broad SMARTS) is 1. The van der Waals surface area contributed by atoms with Crippen molar-refractivity contribution in [1.29, 1.82) is 0 Å². The summed E-state index contributed by atoms with van der Waals surface area (Å²) in [7, 11) is 2.11. The Morgan fingerprint density at radius 1 is 1.07 bits per heavy atom. The number of H-pyrrole nitrogens is 1. The molecule has 0 saturated carbocycles. The summed E-state index contributed by atoms with van der Waals surface area (Å²) in [6, 6.07) is 11.7. The number of benzene rings is 2. The molecule has 0 unspecified atom stereocenters. The van der Waals surface area contributed by atoms with Crippen molar-refractivity contribution in [2.75, 3.05) is 44.7 Å². The van der Waals surface area contributed by atoms with Gasteiger partial charge in [0.25, 0.3) is 5.69 Å². The predicted octanol–water partition coefficient (Wildman–Crippen LogP) is 4.36. The van der Waals surface area contributed by atoms with E-state index in [9.17, 15) is 24.8 Å². The highest BCUT2D eigenvalue weighted by atomic mass is 16.6. The van der Waals surface area contributed by atoms with Crippen molar-refractivity contribution in [3.05, 3.63) is 64.6 Å². The molecule has 1 aromatic heterocycles. The number of amides is 2. The van der Waals surface area contributed by atoms with E-state index in [2.05, 4.69) is 32.1 Å². The Bertz CT molecular complexity index is 1450. The first-order chi connectivity index (χ1) is 20.1. The number of hydrogen-bond acceptors (Lipinski definition) is 7. The lowest BCUT2D eigenvalue weighted by Gasteiger charge is -2.34. The van der Waals surface area contributed by atoms with Crippen LogP contribution >= 0.6 is 0 Å². The molecule has 0 aliphatic carbocycles. The molecule has 2 aliphatic heterocycles. The molecule has 3 heterocycles. The van der Waals surface area contributed by atoms with Crippen molar-refractivity contribution >= 4 is 23.4 Å². The van der Waals surface area contributed by atoms with Gasteiger partial charge in [-0.1, -0.05) is 26.0 Å². The van der Waals surface area contributed by atoms with Gasteiger partial charge in [-0.2, -0.15) is 0 Å². The first-order valence-corrected chi connectivity index (χ1v) is 14.3. The second-order valence-electron chi connectivity index (χ2n) is 11.4. The molecular weight excluding hydrogens is 538 g/mol. The van der Waals surface area contributed by atoms with Crippen LogP contribution in [0.2, 0.25) is 0 Å². The Hall–Kier alpha value is -4.45. The molecule has 222 valence electrons. The normalized spacial score (nSPS) is 18.3. The van der Waals surface area contributed by atoms with Crippen LogP contribution in [0.5, 0.6) is 0 Å². The topological polar surface area (TPSA) is 148 Å². The van der Waals surface area contributed by atoms with Crippen molar-refractivity contribution in [1.82, 2.24) is 25.1 Å². The summed E-state index contributed by atoms with van der Waals surface area (Å²) >= 11 is 0. The number of anilines is 1. The molecule has 12 nitrogen and oxygen atoms in total. The zero-order valence-corrected chi connectivity index (χ0v) is 24.1. The molecule has 42 heavy (non-hydrogen) atoms. The molecule has 5 rings (SSSR count). The van der Waals surface area contributed by atoms with E-state index in [-0.39, 0.29) is 28.5 Å². The van der Waals surface area contributed by atoms with Gasteiger partial charge in [-0.05, 0) is 55.6 Å². The molecular formula is C30H37N7O5. The van der Waals surface area contributed by atoms with Crippen LogP contribution < -0.4 is 10.2 Å². The van der Waals surface area contributed by atoms with E-state index in [1.54, 1.807) is 37.1 Å². The number of hydrogen-bond donors (Lipinski definition) is 3. The van der Waals surface area contributed by atoms with E-state index in [1.807, 2.05) is 24.3 Å². The third-order valence-electron chi connectivity index (χ3n) is 8.21. The van der Waals surface area contributed by atoms with Crippen LogP contribution in [0.1, 0.15) is 38.6 Å². The Morgan fingerprint density at radius 3 is 2.40 bits per heavy atom. The number of imidazole rings is 1. The van der Waals surface area contributed by atoms with Crippen LogP contribution in [0.4, 0.5) is 16.2 Å². The van der Waals surface area contributed by atoms with Gasteiger partial charge in [-0.15, -0.1) is 0 Å². The molecule has 2 aromatic carbocycles. The first kappa shape index (κ1) is 29.1. The molecule has 0 radical (unpaired) electrons. The summed E-state index contributed by atoms with van der Waals surface area (Å²) in [6.45, 7) is 7.98. The Kier molecular flexibility index (Phi) is 8.44. The number of piperazine rings is 1. The average molecular weight is 576 g/mol. The van der Waals surface area contributed by atoms with E-state index in [1.165, 1.54) is 6.07 Å². The largest absolute Gasteiger partial charge is 0.465 e. The predicted molar refractivity (Wildman–Crippen MR) is 159 cm³/mol. The molecule has 2 saturated heterocycles. The van der Waals surface area contributed by atoms with Gasteiger partial charge in [0.05, 0.1) is 28.4 Å². The number of nitrogens with zero attached hydrogens (tertiary/aromatic N) is 5. The molecule has 3 aromatic rings. The number of nitro benzene ring substituents is 1. The Balaban J connectivity index is 1.39. The van der Waals surface area contributed by atoms with Crippen molar-refractivity contribution in [3.8, 4) is 22.4 Å². The van der Waals surface area contributed by atoms with Gasteiger partial charge >= 0.3 is 6.09 Å². The van der Waals surface area contributed by atoms with E-state index in [4.69, 9.17) is 0 Å². The second kappa shape index (κ2) is 12.2. The fourth-order valence-corrected chi connectivity index (χ4v) is 5.80. The summed E-state index contributed by atoms with van der Waals surface area (Å²) in [5.74, 6) is 0.117. The second-order valence-corrected chi connectivity index (χ2v) is 11.4. The number of nitrogens with one attached hydrogen (secondary N) is 2. The smallest absolute Gasteiger partial charge is 0.405 e. The zero-order chi connectivity index (χ0) is 30.0. The number of carbonyl (C=O) groups is 2. The number of carbonyl (C=O) groups excluding carboxylic acids is 1. The molecule has 0 spiro atoms. The summed E-state index contributed by atoms with van der Waals surface area (Å²) in [5, 5.41) is 23.5. The summed E-state index contributed by atoms with van der Waals surface area (Å²) in [6.07, 6.45) is 1.91. The van der Waals surface area contributed by atoms with Gasteiger partial charge < -0.3 is 30.1 Å².